The van der Waals surface area contributed by atoms with E-state index in [1.165, 1.54) is 27.7 Å². The minimum atomic E-state index is 0.740. The molecule has 4 aromatic rings. The van der Waals surface area contributed by atoms with Crippen LogP contribution in [0.3, 0.4) is 0 Å². The Kier molecular flexibility index (Phi) is 5.21. The summed E-state index contributed by atoms with van der Waals surface area (Å²) in [7, 11) is 0. The SMILES string of the molecule is Cc1cccc(/C=N/Nc2cc(N3CCOCC3)c3cc(-c4cnco4)sc3c2)c1. The average Bonchev–Trinajstić information content (AvgIpc) is 3.44. The Morgan fingerprint density at radius 2 is 2.07 bits per heavy atom. The number of hydrazone groups is 1. The number of ether oxygens (including phenoxy) is 1. The van der Waals surface area contributed by atoms with Crippen molar-refractivity contribution >= 4 is 39.0 Å². The van der Waals surface area contributed by atoms with Crippen LogP contribution in [0.15, 0.2) is 64.6 Å². The maximum atomic E-state index is 5.55. The summed E-state index contributed by atoms with van der Waals surface area (Å²) in [5, 5.41) is 5.67. The van der Waals surface area contributed by atoms with Gasteiger partial charge in [-0.05, 0) is 30.7 Å². The van der Waals surface area contributed by atoms with E-state index >= 15 is 0 Å². The van der Waals surface area contributed by atoms with Crippen molar-refractivity contribution in [3.8, 4) is 10.6 Å². The van der Waals surface area contributed by atoms with E-state index in [0.29, 0.717) is 0 Å². The number of benzene rings is 2. The summed E-state index contributed by atoms with van der Waals surface area (Å²) in [6.07, 6.45) is 5.07. The van der Waals surface area contributed by atoms with Gasteiger partial charge in [-0.1, -0.05) is 29.8 Å². The van der Waals surface area contributed by atoms with Crippen molar-refractivity contribution in [1.82, 2.24) is 4.98 Å². The molecule has 1 aliphatic rings. The number of anilines is 2. The number of hydrogen-bond acceptors (Lipinski definition) is 7. The van der Waals surface area contributed by atoms with Gasteiger partial charge in [0.05, 0.1) is 36.2 Å². The molecular weight excluding hydrogens is 396 g/mol. The van der Waals surface area contributed by atoms with Gasteiger partial charge in [-0.3, -0.25) is 5.43 Å². The minimum absolute atomic E-state index is 0.740. The fourth-order valence-corrected chi connectivity index (χ4v) is 4.72. The number of hydrogen-bond donors (Lipinski definition) is 1. The Hall–Kier alpha value is -3.16. The zero-order valence-corrected chi connectivity index (χ0v) is 17.5. The molecule has 6 nitrogen and oxygen atoms in total. The van der Waals surface area contributed by atoms with Gasteiger partial charge in [0.1, 0.15) is 0 Å². The Bertz CT molecular complexity index is 1180. The zero-order valence-electron chi connectivity index (χ0n) is 16.7. The summed E-state index contributed by atoms with van der Waals surface area (Å²) < 4.78 is 12.2. The number of rotatable bonds is 5. The summed E-state index contributed by atoms with van der Waals surface area (Å²) in [4.78, 5) is 7.50. The third kappa shape index (κ3) is 3.94. The lowest BCUT2D eigenvalue weighted by molar-refractivity contribution is 0.123. The van der Waals surface area contributed by atoms with Crippen molar-refractivity contribution in [3.05, 3.63) is 66.2 Å². The van der Waals surface area contributed by atoms with E-state index in [1.807, 2.05) is 18.3 Å². The van der Waals surface area contributed by atoms with E-state index in [9.17, 15) is 0 Å². The maximum absolute atomic E-state index is 5.55. The highest BCUT2D eigenvalue weighted by Gasteiger charge is 2.18. The van der Waals surface area contributed by atoms with Crippen molar-refractivity contribution < 1.29 is 9.15 Å². The zero-order chi connectivity index (χ0) is 20.3. The molecular formula is C23H22N4O2S. The van der Waals surface area contributed by atoms with Crippen LogP contribution in [0.25, 0.3) is 20.7 Å². The van der Waals surface area contributed by atoms with Gasteiger partial charge in [-0.15, -0.1) is 11.3 Å². The summed E-state index contributed by atoms with van der Waals surface area (Å²) >= 11 is 1.70. The topological polar surface area (TPSA) is 62.9 Å². The maximum Gasteiger partial charge on any atom is 0.181 e. The smallest absolute Gasteiger partial charge is 0.181 e. The molecule has 152 valence electrons. The van der Waals surface area contributed by atoms with Crippen molar-refractivity contribution in [2.75, 3.05) is 36.6 Å². The third-order valence-electron chi connectivity index (χ3n) is 5.09. The second-order valence-electron chi connectivity index (χ2n) is 7.27. The molecule has 2 aromatic carbocycles. The molecule has 3 heterocycles. The van der Waals surface area contributed by atoms with Crippen LogP contribution in [0.1, 0.15) is 11.1 Å². The molecule has 7 heteroatoms. The molecule has 1 N–H and O–H groups in total. The summed E-state index contributed by atoms with van der Waals surface area (Å²) in [5.41, 5.74) is 7.64. The number of nitrogens with zero attached hydrogens (tertiary/aromatic N) is 3. The predicted octanol–water partition coefficient (Wildman–Crippen LogP) is 5.15. The Balaban J connectivity index is 1.50. The lowest BCUT2D eigenvalue weighted by Gasteiger charge is -2.29. The highest BCUT2D eigenvalue weighted by molar-refractivity contribution is 7.22. The molecule has 1 aliphatic heterocycles. The molecule has 0 atom stereocenters. The number of oxazole rings is 1. The lowest BCUT2D eigenvalue weighted by atomic mass is 10.1. The molecule has 1 fully saturated rings. The van der Waals surface area contributed by atoms with Crippen molar-refractivity contribution in [1.29, 1.82) is 0 Å². The molecule has 0 spiro atoms. The molecule has 5 rings (SSSR count). The lowest BCUT2D eigenvalue weighted by Crippen LogP contribution is -2.36. The Labute approximate surface area is 178 Å². The first-order valence-corrected chi connectivity index (χ1v) is 10.7. The summed E-state index contributed by atoms with van der Waals surface area (Å²) in [5.74, 6) is 0.788. The van der Waals surface area contributed by atoms with Gasteiger partial charge < -0.3 is 14.1 Å². The second kappa shape index (κ2) is 8.30. The molecule has 2 aromatic heterocycles. The van der Waals surface area contributed by atoms with Crippen molar-refractivity contribution in [3.63, 3.8) is 0 Å². The first kappa shape index (κ1) is 18.8. The van der Waals surface area contributed by atoms with Gasteiger partial charge >= 0.3 is 0 Å². The quantitative estimate of drug-likeness (QED) is 0.359. The van der Waals surface area contributed by atoms with Crippen molar-refractivity contribution in [2.45, 2.75) is 6.92 Å². The summed E-state index contributed by atoms with van der Waals surface area (Å²) in [6, 6.07) is 14.8. The van der Waals surface area contributed by atoms with E-state index in [-0.39, 0.29) is 0 Å². The van der Waals surface area contributed by atoms with Crippen LogP contribution in [0.5, 0.6) is 0 Å². The molecule has 1 saturated heterocycles. The highest BCUT2D eigenvalue weighted by atomic mass is 32.1. The normalized spacial score (nSPS) is 14.6. The van der Waals surface area contributed by atoms with E-state index in [4.69, 9.17) is 9.15 Å². The molecule has 0 bridgehead atoms. The van der Waals surface area contributed by atoms with E-state index in [0.717, 1.165) is 48.2 Å². The summed E-state index contributed by atoms with van der Waals surface area (Å²) in [6.45, 7) is 5.31. The molecule has 0 unspecified atom stereocenters. The second-order valence-corrected chi connectivity index (χ2v) is 8.35. The monoisotopic (exact) mass is 418 g/mol. The number of morpholine rings is 1. The standard InChI is InChI=1S/C23H22N4O2S/c1-16-3-2-4-17(9-16)13-25-26-18-10-20(27-5-7-28-8-6-27)19-12-23(30-22(19)11-18)21-14-24-15-29-21/h2-4,9-15,26H,5-8H2,1H3/b25-13+. The molecule has 0 aliphatic carbocycles. The van der Waals surface area contributed by atoms with E-state index in [1.54, 1.807) is 17.5 Å². The predicted molar refractivity (Wildman–Crippen MR) is 123 cm³/mol. The fourth-order valence-electron chi connectivity index (χ4n) is 3.64. The average molecular weight is 419 g/mol. The minimum Gasteiger partial charge on any atom is -0.443 e. The fraction of sp³-hybridized carbons (Fsp3) is 0.217. The van der Waals surface area contributed by atoms with Crippen LogP contribution in [-0.2, 0) is 4.74 Å². The van der Waals surface area contributed by atoms with Crippen LogP contribution in [0.4, 0.5) is 11.4 Å². The van der Waals surface area contributed by atoms with Crippen molar-refractivity contribution in [2.24, 2.45) is 5.10 Å². The first-order chi connectivity index (χ1) is 14.8. The van der Waals surface area contributed by atoms with Crippen LogP contribution in [-0.4, -0.2) is 37.5 Å². The van der Waals surface area contributed by atoms with Gasteiger partial charge in [0, 0.05) is 28.9 Å². The van der Waals surface area contributed by atoms with E-state index < -0.39 is 0 Å². The highest BCUT2D eigenvalue weighted by Crippen LogP contribution is 2.40. The Morgan fingerprint density at radius 3 is 2.87 bits per heavy atom. The van der Waals surface area contributed by atoms with Gasteiger partial charge in [-0.25, -0.2) is 4.98 Å². The molecule has 0 radical (unpaired) electrons. The van der Waals surface area contributed by atoms with Gasteiger partial charge in [-0.2, -0.15) is 5.10 Å². The van der Waals surface area contributed by atoms with Gasteiger partial charge in [0.25, 0.3) is 0 Å². The number of nitrogens with one attached hydrogen (secondary N) is 1. The van der Waals surface area contributed by atoms with Crippen LogP contribution in [0.2, 0.25) is 0 Å². The number of aromatic nitrogens is 1. The molecule has 0 saturated carbocycles. The number of fused-ring (bicyclic) bond motifs is 1. The van der Waals surface area contributed by atoms with Crippen LogP contribution >= 0.6 is 11.3 Å². The largest absolute Gasteiger partial charge is 0.443 e. The third-order valence-corrected chi connectivity index (χ3v) is 6.19. The van der Waals surface area contributed by atoms with Gasteiger partial charge in [0.2, 0.25) is 0 Å². The van der Waals surface area contributed by atoms with Gasteiger partial charge in [0.15, 0.2) is 12.2 Å². The van der Waals surface area contributed by atoms with Crippen LogP contribution in [0, 0.1) is 6.92 Å². The number of thiophene rings is 1. The van der Waals surface area contributed by atoms with E-state index in [2.05, 4.69) is 57.7 Å². The molecule has 0 amide bonds. The first-order valence-electron chi connectivity index (χ1n) is 9.91. The number of aryl methyl sites for hydroxylation is 1. The Morgan fingerprint density at radius 1 is 1.17 bits per heavy atom. The molecule has 30 heavy (non-hydrogen) atoms. The van der Waals surface area contributed by atoms with Crippen LogP contribution < -0.4 is 10.3 Å².